The number of aromatic hydroxyl groups is 2. The zero-order valence-corrected chi connectivity index (χ0v) is 12.5. The summed E-state index contributed by atoms with van der Waals surface area (Å²) in [7, 11) is 0. The molecule has 6 N–H and O–H groups in total. The van der Waals surface area contributed by atoms with Crippen LogP contribution in [-0.4, -0.2) is 68.0 Å². The minimum Gasteiger partial charge on any atom is -0.504 e. The SMILES string of the molecule is OC[C@H]1O[C@@H](Oc2cc(O)c(O)c3ccccc23)[C@H](O)[C@@H](O)[C@@H]1O. The first-order chi connectivity index (χ1) is 11.4. The fraction of sp³-hybridized carbons (Fsp3) is 0.375. The highest BCUT2D eigenvalue weighted by atomic mass is 16.7. The third kappa shape index (κ3) is 2.74. The summed E-state index contributed by atoms with van der Waals surface area (Å²) in [5.74, 6) is -0.634. The molecule has 8 nitrogen and oxygen atoms in total. The summed E-state index contributed by atoms with van der Waals surface area (Å²) in [6, 6.07) is 7.72. The maximum absolute atomic E-state index is 10.0. The molecular formula is C16H18O8. The van der Waals surface area contributed by atoms with Gasteiger partial charge < -0.3 is 40.1 Å². The maximum atomic E-state index is 10.0. The monoisotopic (exact) mass is 338 g/mol. The molecule has 0 amide bonds. The van der Waals surface area contributed by atoms with Crippen LogP contribution in [0.5, 0.6) is 17.2 Å². The van der Waals surface area contributed by atoms with Gasteiger partial charge in [0.1, 0.15) is 30.2 Å². The van der Waals surface area contributed by atoms with Gasteiger partial charge in [-0.05, 0) is 0 Å². The van der Waals surface area contributed by atoms with E-state index in [1.807, 2.05) is 0 Å². The molecule has 0 bridgehead atoms. The Kier molecular flexibility index (Phi) is 4.48. The third-order valence-electron chi connectivity index (χ3n) is 4.05. The number of phenolic OH excluding ortho intramolecular Hbond substituents is 2. The summed E-state index contributed by atoms with van der Waals surface area (Å²) >= 11 is 0. The van der Waals surface area contributed by atoms with Gasteiger partial charge in [-0.2, -0.15) is 0 Å². The van der Waals surface area contributed by atoms with Crippen LogP contribution >= 0.6 is 0 Å². The van der Waals surface area contributed by atoms with Crippen LogP contribution < -0.4 is 4.74 Å². The van der Waals surface area contributed by atoms with Crippen LogP contribution in [0.25, 0.3) is 10.8 Å². The van der Waals surface area contributed by atoms with Crippen molar-refractivity contribution in [1.29, 1.82) is 0 Å². The van der Waals surface area contributed by atoms with Crippen LogP contribution in [0.1, 0.15) is 0 Å². The van der Waals surface area contributed by atoms with Crippen molar-refractivity contribution in [2.75, 3.05) is 6.61 Å². The smallest absolute Gasteiger partial charge is 0.229 e. The molecule has 1 aliphatic rings. The highest BCUT2D eigenvalue weighted by Gasteiger charge is 2.44. The minimum atomic E-state index is -1.57. The Labute approximate surface area is 136 Å². The van der Waals surface area contributed by atoms with Gasteiger partial charge in [-0.15, -0.1) is 0 Å². The zero-order valence-electron chi connectivity index (χ0n) is 12.5. The summed E-state index contributed by atoms with van der Waals surface area (Å²) in [6.07, 6.45) is -7.12. The molecule has 0 saturated carbocycles. The van der Waals surface area contributed by atoms with Crippen molar-refractivity contribution in [3.05, 3.63) is 30.3 Å². The molecule has 1 saturated heterocycles. The molecule has 5 atom stereocenters. The lowest BCUT2D eigenvalue weighted by Gasteiger charge is -2.39. The maximum Gasteiger partial charge on any atom is 0.229 e. The van der Waals surface area contributed by atoms with Gasteiger partial charge in [0.25, 0.3) is 0 Å². The number of fused-ring (bicyclic) bond motifs is 1. The molecule has 2 aromatic carbocycles. The van der Waals surface area contributed by atoms with E-state index in [2.05, 4.69) is 0 Å². The van der Waals surface area contributed by atoms with Crippen molar-refractivity contribution in [1.82, 2.24) is 0 Å². The predicted molar refractivity (Wildman–Crippen MR) is 81.7 cm³/mol. The van der Waals surface area contributed by atoms with E-state index >= 15 is 0 Å². The average molecular weight is 338 g/mol. The molecule has 3 rings (SSSR count). The first kappa shape index (κ1) is 16.7. The molecule has 1 aliphatic heterocycles. The number of aliphatic hydroxyl groups is 4. The quantitative estimate of drug-likeness (QED) is 0.409. The lowest BCUT2D eigenvalue weighted by Crippen LogP contribution is -2.60. The average Bonchev–Trinajstić information content (AvgIpc) is 2.59. The summed E-state index contributed by atoms with van der Waals surface area (Å²) in [6.45, 7) is -0.577. The van der Waals surface area contributed by atoms with Gasteiger partial charge in [-0.3, -0.25) is 0 Å². The lowest BCUT2D eigenvalue weighted by molar-refractivity contribution is -0.277. The molecule has 24 heavy (non-hydrogen) atoms. The van der Waals surface area contributed by atoms with E-state index < -0.39 is 43.1 Å². The van der Waals surface area contributed by atoms with Crippen molar-refractivity contribution in [3.63, 3.8) is 0 Å². The molecule has 0 aliphatic carbocycles. The van der Waals surface area contributed by atoms with Gasteiger partial charge in [0.15, 0.2) is 11.5 Å². The molecule has 1 fully saturated rings. The number of phenols is 2. The Morgan fingerprint density at radius 1 is 0.958 bits per heavy atom. The number of hydrogen-bond donors (Lipinski definition) is 6. The number of rotatable bonds is 3. The van der Waals surface area contributed by atoms with E-state index in [0.29, 0.717) is 10.8 Å². The second kappa shape index (κ2) is 6.42. The van der Waals surface area contributed by atoms with Crippen molar-refractivity contribution in [2.24, 2.45) is 0 Å². The zero-order chi connectivity index (χ0) is 17.4. The number of aliphatic hydroxyl groups excluding tert-OH is 4. The summed E-state index contributed by atoms with van der Waals surface area (Å²) in [5, 5.41) is 59.3. The molecule has 1 heterocycles. The lowest BCUT2D eigenvalue weighted by atomic mass is 9.99. The summed E-state index contributed by atoms with van der Waals surface area (Å²) in [5.41, 5.74) is 0. The standard InChI is InChI=1S/C16H18O8/c17-6-11-13(20)14(21)15(22)16(24-11)23-10-5-9(18)12(19)8-4-2-1-3-7(8)10/h1-5,11,13-22H,6H2/t11-,13-,14+,15-,16-/m1/s1. The van der Waals surface area contributed by atoms with Crippen LogP contribution in [0.4, 0.5) is 0 Å². The Balaban J connectivity index is 1.96. The number of hydrogen-bond acceptors (Lipinski definition) is 8. The van der Waals surface area contributed by atoms with Crippen molar-refractivity contribution < 1.29 is 40.1 Å². The van der Waals surface area contributed by atoms with Crippen LogP contribution in [0.2, 0.25) is 0 Å². The van der Waals surface area contributed by atoms with Gasteiger partial charge >= 0.3 is 0 Å². The molecule has 0 unspecified atom stereocenters. The van der Waals surface area contributed by atoms with E-state index in [4.69, 9.17) is 9.47 Å². The molecular weight excluding hydrogens is 320 g/mol. The Morgan fingerprint density at radius 3 is 2.29 bits per heavy atom. The van der Waals surface area contributed by atoms with Crippen molar-refractivity contribution in [2.45, 2.75) is 30.7 Å². The second-order valence-corrected chi connectivity index (χ2v) is 5.60. The van der Waals surface area contributed by atoms with E-state index in [-0.39, 0.29) is 11.5 Å². The van der Waals surface area contributed by atoms with Gasteiger partial charge in [0.2, 0.25) is 6.29 Å². The van der Waals surface area contributed by atoms with Crippen LogP contribution in [0.3, 0.4) is 0 Å². The fourth-order valence-corrected chi connectivity index (χ4v) is 2.70. The Bertz CT molecular complexity index is 731. The fourth-order valence-electron chi connectivity index (χ4n) is 2.70. The first-order valence-electron chi connectivity index (χ1n) is 7.35. The molecule has 0 aromatic heterocycles. The Morgan fingerprint density at radius 2 is 1.62 bits per heavy atom. The van der Waals surface area contributed by atoms with Crippen molar-refractivity contribution in [3.8, 4) is 17.2 Å². The van der Waals surface area contributed by atoms with Gasteiger partial charge in [-0.1, -0.05) is 24.3 Å². The second-order valence-electron chi connectivity index (χ2n) is 5.60. The molecule has 130 valence electrons. The predicted octanol–water partition coefficient (Wildman–Crippen LogP) is -0.570. The highest BCUT2D eigenvalue weighted by Crippen LogP contribution is 2.40. The molecule has 0 radical (unpaired) electrons. The molecule has 0 spiro atoms. The van der Waals surface area contributed by atoms with Gasteiger partial charge in [0.05, 0.1) is 6.61 Å². The van der Waals surface area contributed by atoms with Crippen LogP contribution in [0, 0.1) is 0 Å². The molecule has 2 aromatic rings. The highest BCUT2D eigenvalue weighted by molar-refractivity contribution is 5.95. The largest absolute Gasteiger partial charge is 0.504 e. The minimum absolute atomic E-state index is 0.102. The van der Waals surface area contributed by atoms with Crippen molar-refractivity contribution >= 4 is 10.8 Å². The van der Waals surface area contributed by atoms with Crippen LogP contribution in [0.15, 0.2) is 30.3 Å². The van der Waals surface area contributed by atoms with Gasteiger partial charge in [0, 0.05) is 16.8 Å². The van der Waals surface area contributed by atoms with E-state index in [1.165, 1.54) is 0 Å². The molecule has 8 heteroatoms. The first-order valence-corrected chi connectivity index (χ1v) is 7.35. The van der Waals surface area contributed by atoms with E-state index in [0.717, 1.165) is 6.07 Å². The van der Waals surface area contributed by atoms with E-state index in [1.54, 1.807) is 24.3 Å². The number of benzene rings is 2. The number of ether oxygens (including phenoxy) is 2. The summed E-state index contributed by atoms with van der Waals surface area (Å²) in [4.78, 5) is 0. The van der Waals surface area contributed by atoms with Crippen LogP contribution in [-0.2, 0) is 4.74 Å². The van der Waals surface area contributed by atoms with E-state index in [9.17, 15) is 30.6 Å². The normalized spacial score (nSPS) is 30.4. The summed E-state index contributed by atoms with van der Waals surface area (Å²) < 4.78 is 10.8. The topological polar surface area (TPSA) is 140 Å². The third-order valence-corrected chi connectivity index (χ3v) is 4.05. The Hall–Kier alpha value is -2.10. The van der Waals surface area contributed by atoms with Gasteiger partial charge in [-0.25, -0.2) is 0 Å².